The third kappa shape index (κ3) is 4.45. The van der Waals surface area contributed by atoms with E-state index >= 15 is 0 Å². The zero-order valence-corrected chi connectivity index (χ0v) is 15.9. The number of aryl methyl sites for hydroxylation is 1. The summed E-state index contributed by atoms with van der Waals surface area (Å²) >= 11 is 5.90. The fourth-order valence-corrected chi connectivity index (χ4v) is 3.97. The Morgan fingerprint density at radius 3 is 2.56 bits per heavy atom. The van der Waals surface area contributed by atoms with Gasteiger partial charge in [0, 0.05) is 23.8 Å². The molecule has 3 aromatic rings. The second kappa shape index (κ2) is 7.77. The molecule has 0 aliphatic rings. The Labute approximate surface area is 162 Å². The van der Waals surface area contributed by atoms with E-state index in [1.165, 1.54) is 47.4 Å². The molecule has 0 aliphatic heterocycles. The van der Waals surface area contributed by atoms with Crippen LogP contribution in [-0.4, -0.2) is 23.9 Å². The van der Waals surface area contributed by atoms with Gasteiger partial charge in [0.05, 0.1) is 17.4 Å². The zero-order chi connectivity index (χ0) is 19.4. The quantitative estimate of drug-likeness (QED) is 0.663. The molecule has 0 aliphatic carbocycles. The fourth-order valence-electron chi connectivity index (χ4n) is 2.41. The molecule has 27 heavy (non-hydrogen) atoms. The van der Waals surface area contributed by atoms with Gasteiger partial charge in [0.25, 0.3) is 0 Å². The number of hydrogen-bond acceptors (Lipinski definition) is 4. The predicted octanol–water partition coefficient (Wildman–Crippen LogP) is 3.56. The number of hydrogen-bond donors (Lipinski definition) is 1. The topological polar surface area (TPSA) is 81.1 Å². The molecule has 0 saturated heterocycles. The number of benzene rings is 2. The summed E-state index contributed by atoms with van der Waals surface area (Å²) in [5.41, 5.74) is 1.29. The van der Waals surface area contributed by atoms with E-state index < -0.39 is 9.84 Å². The highest BCUT2D eigenvalue weighted by Gasteiger charge is 2.20. The third-order valence-electron chi connectivity index (χ3n) is 3.76. The SMILES string of the molecule is Cn1cncc1S(=O)(=O)c1ccc(NC(=O)/C=C/c2cccc(Cl)c2)cc1. The molecule has 0 bridgehead atoms. The van der Waals surface area contributed by atoms with Crippen LogP contribution in [0.3, 0.4) is 0 Å². The zero-order valence-electron chi connectivity index (χ0n) is 14.3. The van der Waals surface area contributed by atoms with Crippen molar-refractivity contribution in [3.8, 4) is 0 Å². The average Bonchev–Trinajstić information content (AvgIpc) is 3.07. The van der Waals surface area contributed by atoms with Crippen molar-refractivity contribution < 1.29 is 13.2 Å². The number of rotatable bonds is 5. The van der Waals surface area contributed by atoms with Crippen LogP contribution in [0.15, 0.2) is 77.1 Å². The largest absolute Gasteiger partial charge is 0.325 e. The summed E-state index contributed by atoms with van der Waals surface area (Å²) in [6, 6.07) is 13.1. The fraction of sp³-hybridized carbons (Fsp3) is 0.0526. The molecule has 1 amide bonds. The monoisotopic (exact) mass is 401 g/mol. The van der Waals surface area contributed by atoms with E-state index in [1.807, 2.05) is 6.07 Å². The summed E-state index contributed by atoms with van der Waals surface area (Å²) < 4.78 is 26.6. The molecule has 0 unspecified atom stereocenters. The maximum absolute atomic E-state index is 12.6. The van der Waals surface area contributed by atoms with Crippen molar-refractivity contribution in [3.63, 3.8) is 0 Å². The Morgan fingerprint density at radius 1 is 1.19 bits per heavy atom. The van der Waals surface area contributed by atoms with Gasteiger partial charge in [-0.1, -0.05) is 23.7 Å². The maximum Gasteiger partial charge on any atom is 0.248 e. The number of sulfone groups is 1. The molecular formula is C19H16ClN3O3S. The van der Waals surface area contributed by atoms with Crippen molar-refractivity contribution >= 4 is 39.1 Å². The highest BCUT2D eigenvalue weighted by atomic mass is 35.5. The van der Waals surface area contributed by atoms with Gasteiger partial charge < -0.3 is 9.88 Å². The summed E-state index contributed by atoms with van der Waals surface area (Å²) in [7, 11) is -2.05. The number of aromatic nitrogens is 2. The van der Waals surface area contributed by atoms with Crippen LogP contribution in [0.2, 0.25) is 5.02 Å². The van der Waals surface area contributed by atoms with Gasteiger partial charge in [-0.3, -0.25) is 4.79 Å². The highest BCUT2D eigenvalue weighted by Crippen LogP contribution is 2.21. The first-order valence-electron chi connectivity index (χ1n) is 7.92. The molecule has 2 aromatic carbocycles. The Kier molecular flexibility index (Phi) is 5.43. The normalized spacial score (nSPS) is 11.6. The summed E-state index contributed by atoms with van der Waals surface area (Å²) in [5, 5.41) is 3.37. The second-order valence-electron chi connectivity index (χ2n) is 5.75. The first-order valence-corrected chi connectivity index (χ1v) is 9.78. The van der Waals surface area contributed by atoms with E-state index in [9.17, 15) is 13.2 Å². The number of amides is 1. The molecule has 6 nitrogen and oxygen atoms in total. The Hall–Kier alpha value is -2.90. The number of nitrogens with zero attached hydrogens (tertiary/aromatic N) is 2. The van der Waals surface area contributed by atoms with Crippen LogP contribution in [0.4, 0.5) is 5.69 Å². The van der Waals surface area contributed by atoms with E-state index in [-0.39, 0.29) is 15.8 Å². The third-order valence-corrected chi connectivity index (χ3v) is 5.83. The minimum atomic E-state index is -3.66. The van der Waals surface area contributed by atoms with E-state index in [4.69, 9.17) is 11.6 Å². The molecular weight excluding hydrogens is 386 g/mol. The van der Waals surface area contributed by atoms with Crippen LogP contribution in [0.5, 0.6) is 0 Å². The molecule has 8 heteroatoms. The standard InChI is InChI=1S/C19H16ClN3O3S/c1-23-13-21-12-19(23)27(25,26)17-8-6-16(7-9-17)22-18(24)10-5-14-3-2-4-15(20)11-14/h2-13H,1H3,(H,22,24)/b10-5+. The lowest BCUT2D eigenvalue weighted by Crippen LogP contribution is -2.09. The molecule has 138 valence electrons. The minimum absolute atomic E-state index is 0.101. The smallest absolute Gasteiger partial charge is 0.248 e. The maximum atomic E-state index is 12.6. The number of nitrogens with one attached hydrogen (secondary N) is 1. The van der Waals surface area contributed by atoms with Crippen molar-refractivity contribution in [2.45, 2.75) is 9.92 Å². The molecule has 1 aromatic heterocycles. The van der Waals surface area contributed by atoms with Crippen LogP contribution in [0.1, 0.15) is 5.56 Å². The number of halogens is 1. The Morgan fingerprint density at radius 2 is 1.93 bits per heavy atom. The highest BCUT2D eigenvalue weighted by molar-refractivity contribution is 7.91. The first kappa shape index (κ1) is 18.9. The first-order chi connectivity index (χ1) is 12.9. The van der Waals surface area contributed by atoms with Crippen LogP contribution in [-0.2, 0) is 21.7 Å². The molecule has 1 N–H and O–H groups in total. The van der Waals surface area contributed by atoms with Crippen LogP contribution < -0.4 is 5.32 Å². The average molecular weight is 402 g/mol. The van der Waals surface area contributed by atoms with Gasteiger partial charge in [-0.2, -0.15) is 0 Å². The van der Waals surface area contributed by atoms with Crippen molar-refractivity contribution in [2.75, 3.05) is 5.32 Å². The molecule has 0 radical (unpaired) electrons. The van der Waals surface area contributed by atoms with Gasteiger partial charge in [0.2, 0.25) is 15.7 Å². The number of carbonyl (C=O) groups excluding carboxylic acids is 1. The lowest BCUT2D eigenvalue weighted by molar-refractivity contribution is -0.111. The van der Waals surface area contributed by atoms with E-state index in [2.05, 4.69) is 10.3 Å². The van der Waals surface area contributed by atoms with Crippen LogP contribution in [0, 0.1) is 0 Å². The van der Waals surface area contributed by atoms with Crippen LogP contribution >= 0.6 is 11.6 Å². The van der Waals surface area contributed by atoms with Gasteiger partial charge in [-0.05, 0) is 48.0 Å². The van der Waals surface area contributed by atoms with Crippen LogP contribution in [0.25, 0.3) is 6.08 Å². The summed E-state index contributed by atoms with van der Waals surface area (Å²) in [4.78, 5) is 16.0. The Bertz CT molecular complexity index is 1100. The lowest BCUT2D eigenvalue weighted by atomic mass is 10.2. The number of carbonyl (C=O) groups is 1. The van der Waals surface area contributed by atoms with E-state index in [0.717, 1.165) is 5.56 Å². The van der Waals surface area contributed by atoms with Gasteiger partial charge in [0.1, 0.15) is 0 Å². The Balaban J connectivity index is 1.71. The van der Waals surface area contributed by atoms with Gasteiger partial charge in [0.15, 0.2) is 5.03 Å². The van der Waals surface area contributed by atoms with Crippen molar-refractivity contribution in [1.29, 1.82) is 0 Å². The molecule has 0 saturated carbocycles. The van der Waals surface area contributed by atoms with Crippen molar-refractivity contribution in [2.24, 2.45) is 7.05 Å². The minimum Gasteiger partial charge on any atom is -0.325 e. The predicted molar refractivity (Wildman–Crippen MR) is 104 cm³/mol. The second-order valence-corrected chi connectivity index (χ2v) is 8.08. The molecule has 0 fully saturated rings. The van der Waals surface area contributed by atoms with Crippen molar-refractivity contribution in [3.05, 3.63) is 77.7 Å². The van der Waals surface area contributed by atoms with E-state index in [1.54, 1.807) is 31.3 Å². The number of imidazole rings is 1. The molecule has 3 rings (SSSR count). The molecule has 0 spiro atoms. The van der Waals surface area contributed by atoms with Crippen molar-refractivity contribution in [1.82, 2.24) is 9.55 Å². The van der Waals surface area contributed by atoms with Gasteiger partial charge in [-0.25, -0.2) is 13.4 Å². The summed E-state index contributed by atoms with van der Waals surface area (Å²) in [6.45, 7) is 0. The summed E-state index contributed by atoms with van der Waals surface area (Å²) in [6.07, 6.45) is 5.74. The molecule has 1 heterocycles. The lowest BCUT2D eigenvalue weighted by Gasteiger charge is -2.07. The van der Waals surface area contributed by atoms with Gasteiger partial charge in [-0.15, -0.1) is 0 Å². The molecule has 0 atom stereocenters. The van der Waals surface area contributed by atoms with E-state index in [0.29, 0.717) is 10.7 Å². The van der Waals surface area contributed by atoms with Gasteiger partial charge >= 0.3 is 0 Å². The number of anilines is 1. The summed E-state index contributed by atoms with van der Waals surface area (Å²) in [5.74, 6) is -0.336.